The van der Waals surface area contributed by atoms with E-state index in [2.05, 4.69) is 34.1 Å². The van der Waals surface area contributed by atoms with Crippen molar-refractivity contribution in [1.82, 2.24) is 25.0 Å². The highest BCUT2D eigenvalue weighted by atomic mass is 15.3. The lowest BCUT2D eigenvalue weighted by Gasteiger charge is -2.48. The highest BCUT2D eigenvalue weighted by molar-refractivity contribution is 4.97. The van der Waals surface area contributed by atoms with Crippen molar-refractivity contribution in [3.05, 3.63) is 12.2 Å². The van der Waals surface area contributed by atoms with E-state index in [0.29, 0.717) is 6.04 Å². The molecular weight excluding hydrogens is 262 g/mol. The van der Waals surface area contributed by atoms with E-state index in [1.54, 1.807) is 6.33 Å². The fraction of sp³-hybridized carbons (Fsp3) is 0.875. The van der Waals surface area contributed by atoms with Crippen molar-refractivity contribution in [3.8, 4) is 0 Å². The standard InChI is InChI=1S/C16H29N5/c1-16(2)11-21(10-15-17-12-19-20(15)3)14(9-18-16)13-7-5-4-6-8-13/h12-14,18H,4-11H2,1-3H3. The Morgan fingerprint density at radius 3 is 2.71 bits per heavy atom. The van der Waals surface area contributed by atoms with Crippen LogP contribution in [0.4, 0.5) is 0 Å². The SMILES string of the molecule is Cn1ncnc1CN1CC(C)(C)NCC1C1CCCCC1. The van der Waals surface area contributed by atoms with Crippen LogP contribution < -0.4 is 5.32 Å². The van der Waals surface area contributed by atoms with Crippen molar-refractivity contribution in [1.29, 1.82) is 0 Å². The fourth-order valence-electron chi connectivity index (χ4n) is 3.99. The summed E-state index contributed by atoms with van der Waals surface area (Å²) in [5, 5.41) is 7.96. The van der Waals surface area contributed by atoms with E-state index in [-0.39, 0.29) is 5.54 Å². The molecule has 1 atom stereocenters. The van der Waals surface area contributed by atoms with Crippen LogP contribution in [0.1, 0.15) is 51.8 Å². The van der Waals surface area contributed by atoms with Crippen molar-refractivity contribution in [3.63, 3.8) is 0 Å². The highest BCUT2D eigenvalue weighted by Gasteiger charge is 2.37. The fourth-order valence-corrected chi connectivity index (χ4v) is 3.99. The van der Waals surface area contributed by atoms with Gasteiger partial charge >= 0.3 is 0 Å². The first-order valence-corrected chi connectivity index (χ1v) is 8.37. The monoisotopic (exact) mass is 291 g/mol. The molecule has 0 bridgehead atoms. The second-order valence-corrected chi connectivity index (χ2v) is 7.44. The lowest BCUT2D eigenvalue weighted by Crippen LogP contribution is -2.63. The Morgan fingerprint density at radius 2 is 2.05 bits per heavy atom. The summed E-state index contributed by atoms with van der Waals surface area (Å²) in [6.45, 7) is 7.71. The van der Waals surface area contributed by atoms with E-state index in [1.807, 2.05) is 11.7 Å². The molecule has 1 saturated carbocycles. The minimum Gasteiger partial charge on any atom is -0.309 e. The second kappa shape index (κ2) is 6.05. The molecule has 1 aromatic rings. The lowest BCUT2D eigenvalue weighted by molar-refractivity contribution is 0.0392. The van der Waals surface area contributed by atoms with E-state index >= 15 is 0 Å². The first kappa shape index (κ1) is 15.0. The van der Waals surface area contributed by atoms with E-state index in [4.69, 9.17) is 0 Å². The average Bonchev–Trinajstić information content (AvgIpc) is 2.85. The van der Waals surface area contributed by atoms with Crippen LogP contribution in [0.15, 0.2) is 6.33 Å². The van der Waals surface area contributed by atoms with Crippen LogP contribution in [0, 0.1) is 5.92 Å². The predicted octanol–water partition coefficient (Wildman–Crippen LogP) is 1.95. The number of nitrogens with one attached hydrogen (secondary N) is 1. The Bertz CT molecular complexity index is 461. The largest absolute Gasteiger partial charge is 0.309 e. The maximum Gasteiger partial charge on any atom is 0.140 e. The normalized spacial score (nSPS) is 27.9. The zero-order valence-electron chi connectivity index (χ0n) is 13.7. The van der Waals surface area contributed by atoms with Gasteiger partial charge in [0.15, 0.2) is 0 Å². The van der Waals surface area contributed by atoms with Crippen LogP contribution in [-0.4, -0.2) is 44.3 Å². The lowest BCUT2D eigenvalue weighted by atomic mass is 9.81. The van der Waals surface area contributed by atoms with E-state index in [9.17, 15) is 0 Å². The first-order valence-electron chi connectivity index (χ1n) is 8.37. The molecule has 1 aromatic heterocycles. The smallest absolute Gasteiger partial charge is 0.140 e. The third-order valence-corrected chi connectivity index (χ3v) is 5.20. The van der Waals surface area contributed by atoms with Crippen molar-refractivity contribution >= 4 is 0 Å². The van der Waals surface area contributed by atoms with Gasteiger partial charge in [-0.3, -0.25) is 9.58 Å². The van der Waals surface area contributed by atoms with Crippen LogP contribution in [0.2, 0.25) is 0 Å². The number of hydrogen-bond acceptors (Lipinski definition) is 4. The van der Waals surface area contributed by atoms with Gasteiger partial charge in [-0.2, -0.15) is 5.10 Å². The molecule has 1 aliphatic heterocycles. The Hall–Kier alpha value is -0.940. The van der Waals surface area contributed by atoms with Gasteiger partial charge in [0, 0.05) is 31.7 Å². The van der Waals surface area contributed by atoms with Gasteiger partial charge in [-0.05, 0) is 32.6 Å². The number of nitrogens with zero attached hydrogens (tertiary/aromatic N) is 4. The molecule has 1 saturated heterocycles. The summed E-state index contributed by atoms with van der Waals surface area (Å²) >= 11 is 0. The zero-order chi connectivity index (χ0) is 14.9. The van der Waals surface area contributed by atoms with Gasteiger partial charge in [0.05, 0.1) is 6.54 Å². The Balaban J connectivity index is 1.75. The molecular formula is C16H29N5. The molecule has 2 aliphatic rings. The molecule has 0 aromatic carbocycles. The molecule has 3 rings (SSSR count). The molecule has 0 amide bonds. The number of hydrogen-bond donors (Lipinski definition) is 1. The molecule has 0 radical (unpaired) electrons. The van der Waals surface area contributed by atoms with Gasteiger partial charge in [-0.25, -0.2) is 4.98 Å². The molecule has 5 nitrogen and oxygen atoms in total. The van der Waals surface area contributed by atoms with Crippen LogP contribution in [-0.2, 0) is 13.6 Å². The van der Waals surface area contributed by atoms with Gasteiger partial charge in [0.25, 0.3) is 0 Å². The minimum absolute atomic E-state index is 0.184. The molecule has 5 heteroatoms. The zero-order valence-corrected chi connectivity index (χ0v) is 13.7. The Morgan fingerprint density at radius 1 is 1.29 bits per heavy atom. The number of piperazine rings is 1. The third kappa shape index (κ3) is 3.46. The summed E-state index contributed by atoms with van der Waals surface area (Å²) in [7, 11) is 1.99. The molecule has 0 spiro atoms. The van der Waals surface area contributed by atoms with Crippen LogP contribution >= 0.6 is 0 Å². The van der Waals surface area contributed by atoms with Crippen molar-refractivity contribution < 1.29 is 0 Å². The van der Waals surface area contributed by atoms with Gasteiger partial charge in [0.2, 0.25) is 0 Å². The number of rotatable bonds is 3. The predicted molar refractivity (Wildman–Crippen MR) is 83.9 cm³/mol. The first-order chi connectivity index (χ1) is 10.1. The minimum atomic E-state index is 0.184. The summed E-state index contributed by atoms with van der Waals surface area (Å²) in [6.07, 6.45) is 8.68. The van der Waals surface area contributed by atoms with Gasteiger partial charge in [-0.15, -0.1) is 0 Å². The molecule has 21 heavy (non-hydrogen) atoms. The summed E-state index contributed by atoms with van der Waals surface area (Å²) in [6, 6.07) is 0.648. The van der Waals surface area contributed by atoms with E-state index < -0.39 is 0 Å². The van der Waals surface area contributed by atoms with Crippen LogP contribution in [0.25, 0.3) is 0 Å². The van der Waals surface area contributed by atoms with Crippen LogP contribution in [0.3, 0.4) is 0 Å². The molecule has 118 valence electrons. The third-order valence-electron chi connectivity index (χ3n) is 5.20. The molecule has 1 unspecified atom stereocenters. The Kier molecular flexibility index (Phi) is 4.31. The second-order valence-electron chi connectivity index (χ2n) is 7.44. The van der Waals surface area contributed by atoms with Crippen molar-refractivity contribution in [2.24, 2.45) is 13.0 Å². The number of aryl methyl sites for hydroxylation is 1. The Labute approximate surface area is 128 Å². The van der Waals surface area contributed by atoms with Crippen molar-refractivity contribution in [2.45, 2.75) is 64.1 Å². The van der Waals surface area contributed by atoms with Gasteiger partial charge < -0.3 is 5.32 Å². The summed E-state index contributed by atoms with van der Waals surface area (Å²) in [5.41, 5.74) is 0.184. The summed E-state index contributed by atoms with van der Waals surface area (Å²) in [4.78, 5) is 7.08. The maximum atomic E-state index is 4.43. The topological polar surface area (TPSA) is 46.0 Å². The summed E-state index contributed by atoms with van der Waals surface area (Å²) in [5.74, 6) is 1.92. The average molecular weight is 291 g/mol. The maximum absolute atomic E-state index is 4.43. The van der Waals surface area contributed by atoms with Gasteiger partial charge in [-0.1, -0.05) is 19.3 Å². The molecule has 2 heterocycles. The van der Waals surface area contributed by atoms with Crippen molar-refractivity contribution in [2.75, 3.05) is 13.1 Å². The molecule has 1 N–H and O–H groups in total. The summed E-state index contributed by atoms with van der Waals surface area (Å²) < 4.78 is 1.91. The highest BCUT2D eigenvalue weighted by Crippen LogP contribution is 2.32. The van der Waals surface area contributed by atoms with Gasteiger partial charge in [0.1, 0.15) is 12.2 Å². The molecule has 1 aliphatic carbocycles. The van der Waals surface area contributed by atoms with Crippen LogP contribution in [0.5, 0.6) is 0 Å². The van der Waals surface area contributed by atoms with E-state index in [0.717, 1.165) is 31.4 Å². The quantitative estimate of drug-likeness (QED) is 0.924. The number of aromatic nitrogens is 3. The van der Waals surface area contributed by atoms with E-state index in [1.165, 1.54) is 32.1 Å². The molecule has 2 fully saturated rings.